The molecule has 0 amide bonds. The second-order valence-electron chi connectivity index (χ2n) is 3.70. The van der Waals surface area contributed by atoms with Gasteiger partial charge in [-0.15, -0.1) is 0 Å². The Bertz CT molecular complexity index is 367. The van der Waals surface area contributed by atoms with Crippen LogP contribution in [0.3, 0.4) is 0 Å². The lowest BCUT2D eigenvalue weighted by Gasteiger charge is -2.06. The van der Waals surface area contributed by atoms with E-state index in [-0.39, 0.29) is 11.0 Å². The van der Waals surface area contributed by atoms with Crippen LogP contribution in [-0.4, -0.2) is 13.9 Å². The first-order valence-corrected chi connectivity index (χ1v) is 6.93. The molecule has 0 saturated carbocycles. The van der Waals surface area contributed by atoms with Crippen LogP contribution in [0, 0.1) is 0 Å². The molecule has 0 aromatic carbocycles. The van der Waals surface area contributed by atoms with E-state index in [1.165, 1.54) is 0 Å². The Morgan fingerprint density at radius 1 is 1.24 bits per heavy atom. The second-order valence-corrected chi connectivity index (χ2v) is 5.49. The topological polar surface area (TPSA) is 34.1 Å². The Kier molecular flexibility index (Phi) is 6.52. The first kappa shape index (κ1) is 16.2. The van der Waals surface area contributed by atoms with Crippen LogP contribution in [0.2, 0.25) is 0 Å². The number of hydrogen-bond donors (Lipinski definition) is 0. The summed E-state index contributed by atoms with van der Waals surface area (Å²) in [4.78, 5) is 0. The highest BCUT2D eigenvalue weighted by Crippen LogP contribution is 2.26. The van der Waals surface area contributed by atoms with Crippen molar-refractivity contribution in [3.63, 3.8) is 0 Å². The van der Waals surface area contributed by atoms with Gasteiger partial charge in [-0.05, 0) is 18.4 Å². The van der Waals surface area contributed by atoms with Crippen molar-refractivity contribution in [3.05, 3.63) is 23.6 Å². The average Bonchev–Trinajstić information content (AvgIpc) is 2.20. The molecule has 0 aliphatic carbocycles. The van der Waals surface area contributed by atoms with Gasteiger partial charge in [0.15, 0.2) is 0 Å². The van der Waals surface area contributed by atoms with E-state index in [2.05, 4.69) is 6.58 Å². The Morgan fingerprint density at radius 2 is 1.82 bits per heavy atom. The summed E-state index contributed by atoms with van der Waals surface area (Å²) in [7, 11) is -5.19. The van der Waals surface area contributed by atoms with Crippen molar-refractivity contribution in [1.82, 2.24) is 0 Å². The van der Waals surface area contributed by atoms with Gasteiger partial charge in [0.1, 0.15) is 0 Å². The van der Waals surface area contributed by atoms with E-state index in [0.717, 1.165) is 25.3 Å². The summed E-state index contributed by atoms with van der Waals surface area (Å²) in [6.07, 6.45) is 4.99. The van der Waals surface area contributed by atoms with Crippen molar-refractivity contribution in [2.24, 2.45) is 0 Å². The average molecular weight is 270 g/mol. The quantitative estimate of drug-likeness (QED) is 0.518. The van der Waals surface area contributed by atoms with Gasteiger partial charge in [-0.1, -0.05) is 38.8 Å². The van der Waals surface area contributed by atoms with Gasteiger partial charge >= 0.3 is 5.51 Å². The third-order valence-electron chi connectivity index (χ3n) is 2.21. The Morgan fingerprint density at radius 3 is 2.24 bits per heavy atom. The van der Waals surface area contributed by atoms with E-state index in [4.69, 9.17) is 0 Å². The number of hydrogen-bond acceptors (Lipinski definition) is 2. The molecule has 0 N–H and O–H groups in total. The molecule has 0 bridgehead atoms. The van der Waals surface area contributed by atoms with Gasteiger partial charge in [-0.25, -0.2) is 8.42 Å². The van der Waals surface area contributed by atoms with Gasteiger partial charge in [0, 0.05) is 5.41 Å². The molecule has 0 aliphatic rings. The highest BCUT2D eigenvalue weighted by atomic mass is 32.2. The van der Waals surface area contributed by atoms with Gasteiger partial charge in [0.2, 0.25) is 0 Å². The molecule has 0 saturated heterocycles. The molecule has 0 unspecified atom stereocenters. The lowest BCUT2D eigenvalue weighted by atomic mass is 10.1. The van der Waals surface area contributed by atoms with E-state index in [1.54, 1.807) is 0 Å². The molecular formula is C11H17F3O2S. The predicted molar refractivity (Wildman–Crippen MR) is 62.0 cm³/mol. The minimum atomic E-state index is -5.23. The van der Waals surface area contributed by atoms with Crippen LogP contribution in [0.25, 0.3) is 0 Å². The summed E-state index contributed by atoms with van der Waals surface area (Å²) in [6.45, 7) is 5.34. The zero-order valence-electron chi connectivity index (χ0n) is 9.76. The SMILES string of the molecule is C=C/C(=C/S(=O)(=O)C(F)(F)F)CCCCCC. The number of halogens is 3. The number of unbranched alkanes of at least 4 members (excludes halogenated alkanes) is 3. The molecular weight excluding hydrogens is 253 g/mol. The van der Waals surface area contributed by atoms with Gasteiger partial charge in [0.05, 0.1) is 0 Å². The normalized spacial score (nSPS) is 13.8. The molecule has 0 radical (unpaired) electrons. The minimum Gasteiger partial charge on any atom is -0.215 e. The zero-order chi connectivity index (χ0) is 13.5. The van der Waals surface area contributed by atoms with Crippen LogP contribution >= 0.6 is 0 Å². The molecule has 6 heteroatoms. The van der Waals surface area contributed by atoms with Crippen molar-refractivity contribution >= 4 is 9.84 Å². The third-order valence-corrected chi connectivity index (χ3v) is 3.47. The lowest BCUT2D eigenvalue weighted by Crippen LogP contribution is -2.20. The van der Waals surface area contributed by atoms with Crippen molar-refractivity contribution in [2.45, 2.75) is 44.5 Å². The van der Waals surface area contributed by atoms with Crippen LogP contribution < -0.4 is 0 Å². The van der Waals surface area contributed by atoms with Crippen LogP contribution in [0.5, 0.6) is 0 Å². The number of allylic oxidation sites excluding steroid dienone is 2. The number of rotatable bonds is 7. The minimum absolute atomic E-state index is 0.110. The van der Waals surface area contributed by atoms with E-state index >= 15 is 0 Å². The van der Waals surface area contributed by atoms with Crippen LogP contribution in [0.15, 0.2) is 23.6 Å². The maximum absolute atomic E-state index is 12.1. The molecule has 2 nitrogen and oxygen atoms in total. The molecule has 0 aromatic heterocycles. The summed E-state index contributed by atoms with van der Waals surface area (Å²) < 4.78 is 58.0. The van der Waals surface area contributed by atoms with Crippen LogP contribution in [0.1, 0.15) is 39.0 Å². The second kappa shape index (κ2) is 6.83. The largest absolute Gasteiger partial charge is 0.501 e. The fraction of sp³-hybridized carbons (Fsp3) is 0.636. The van der Waals surface area contributed by atoms with Crippen LogP contribution in [0.4, 0.5) is 13.2 Å². The number of sulfone groups is 1. The van der Waals surface area contributed by atoms with Crippen molar-refractivity contribution in [3.8, 4) is 0 Å². The zero-order valence-corrected chi connectivity index (χ0v) is 10.6. The van der Waals surface area contributed by atoms with Crippen molar-refractivity contribution in [2.75, 3.05) is 0 Å². The fourth-order valence-corrected chi connectivity index (χ4v) is 1.98. The van der Waals surface area contributed by atoms with E-state index in [1.807, 2.05) is 6.92 Å². The van der Waals surface area contributed by atoms with Gasteiger partial charge in [0.25, 0.3) is 9.84 Å². The van der Waals surface area contributed by atoms with E-state index in [0.29, 0.717) is 12.8 Å². The molecule has 0 rings (SSSR count). The molecule has 0 heterocycles. The first-order valence-electron chi connectivity index (χ1n) is 5.39. The standard InChI is InChI=1S/C11H17F3O2S/c1-3-5-6-7-8-10(4-2)9-17(15,16)11(12,13)14/h4,9H,2-3,5-8H2,1H3/b10-9-. The fourth-order valence-electron chi connectivity index (χ4n) is 1.23. The Labute approximate surface area is 100 Å². The molecule has 0 fully saturated rings. The third kappa shape index (κ3) is 5.91. The molecule has 100 valence electrons. The highest BCUT2D eigenvalue weighted by molar-refractivity contribution is 7.95. The van der Waals surface area contributed by atoms with Crippen molar-refractivity contribution < 1.29 is 21.6 Å². The Hall–Kier alpha value is -0.780. The molecule has 0 atom stereocenters. The van der Waals surface area contributed by atoms with Crippen molar-refractivity contribution in [1.29, 1.82) is 0 Å². The summed E-state index contributed by atoms with van der Waals surface area (Å²) in [6, 6.07) is 0. The predicted octanol–water partition coefficient (Wildman–Crippen LogP) is 3.96. The lowest BCUT2D eigenvalue weighted by molar-refractivity contribution is -0.0423. The maximum Gasteiger partial charge on any atom is 0.501 e. The molecule has 17 heavy (non-hydrogen) atoms. The molecule has 0 aliphatic heterocycles. The summed E-state index contributed by atoms with van der Waals surface area (Å²) in [5, 5.41) is 0.270. The van der Waals surface area contributed by atoms with Gasteiger partial charge in [-0.2, -0.15) is 13.2 Å². The smallest absolute Gasteiger partial charge is 0.215 e. The van der Waals surface area contributed by atoms with Crippen LogP contribution in [-0.2, 0) is 9.84 Å². The molecule has 0 aromatic rings. The Balaban J connectivity index is 4.61. The molecule has 0 spiro atoms. The monoisotopic (exact) mass is 270 g/mol. The highest BCUT2D eigenvalue weighted by Gasteiger charge is 2.44. The summed E-state index contributed by atoms with van der Waals surface area (Å²) >= 11 is 0. The van der Waals surface area contributed by atoms with E-state index < -0.39 is 15.3 Å². The maximum atomic E-state index is 12.1. The number of alkyl halides is 3. The van der Waals surface area contributed by atoms with Gasteiger partial charge in [-0.3, -0.25) is 0 Å². The summed E-state index contributed by atoms with van der Waals surface area (Å²) in [5.74, 6) is 0. The van der Waals surface area contributed by atoms with E-state index in [9.17, 15) is 21.6 Å². The van der Waals surface area contributed by atoms with Gasteiger partial charge < -0.3 is 0 Å². The summed E-state index contributed by atoms with van der Waals surface area (Å²) in [5.41, 5.74) is -5.12. The first-order chi connectivity index (χ1) is 7.74.